The van der Waals surface area contributed by atoms with E-state index < -0.39 is 0 Å². The van der Waals surface area contributed by atoms with Crippen LogP contribution in [0.25, 0.3) is 10.8 Å². The highest BCUT2D eigenvalue weighted by atomic mass is 16.1. The Morgan fingerprint density at radius 1 is 1.17 bits per heavy atom. The van der Waals surface area contributed by atoms with Crippen molar-refractivity contribution in [3.05, 3.63) is 64.1 Å². The maximum absolute atomic E-state index is 11.7. The SMILES string of the molecule is Cc1nc(N=C(N)Nc2cccc3ccccc23)[nH]c(=O)c1C. The smallest absolute Gasteiger partial charge is 0.255 e. The van der Waals surface area contributed by atoms with E-state index in [1.807, 2.05) is 42.5 Å². The van der Waals surface area contributed by atoms with E-state index in [2.05, 4.69) is 20.3 Å². The number of guanidine groups is 1. The van der Waals surface area contributed by atoms with Crippen molar-refractivity contribution >= 4 is 28.4 Å². The number of fused-ring (bicyclic) bond motifs is 1. The van der Waals surface area contributed by atoms with Gasteiger partial charge in [-0.05, 0) is 25.3 Å². The number of aromatic amines is 1. The molecule has 0 saturated heterocycles. The lowest BCUT2D eigenvalue weighted by atomic mass is 10.1. The fourth-order valence-corrected chi connectivity index (χ4v) is 2.30. The van der Waals surface area contributed by atoms with E-state index in [0.717, 1.165) is 16.5 Å². The summed E-state index contributed by atoms with van der Waals surface area (Å²) in [6.45, 7) is 3.48. The Hall–Kier alpha value is -3.15. The van der Waals surface area contributed by atoms with Gasteiger partial charge in [0.15, 0.2) is 0 Å². The first-order chi connectivity index (χ1) is 11.0. The van der Waals surface area contributed by atoms with Crippen molar-refractivity contribution < 1.29 is 0 Å². The minimum atomic E-state index is -0.214. The second-order valence-corrected chi connectivity index (χ2v) is 5.25. The fraction of sp³-hybridized carbons (Fsp3) is 0.118. The molecule has 0 amide bonds. The number of rotatable bonds is 2. The van der Waals surface area contributed by atoms with Crippen LogP contribution in [-0.4, -0.2) is 15.9 Å². The highest BCUT2D eigenvalue weighted by molar-refractivity contribution is 6.03. The summed E-state index contributed by atoms with van der Waals surface area (Å²) in [7, 11) is 0. The summed E-state index contributed by atoms with van der Waals surface area (Å²) in [5.74, 6) is 0.344. The number of aromatic nitrogens is 2. The van der Waals surface area contributed by atoms with Gasteiger partial charge in [0.25, 0.3) is 5.56 Å². The Morgan fingerprint density at radius 2 is 1.91 bits per heavy atom. The van der Waals surface area contributed by atoms with Crippen molar-refractivity contribution in [1.29, 1.82) is 0 Å². The molecule has 0 spiro atoms. The normalized spacial score (nSPS) is 11.7. The molecule has 0 unspecified atom stereocenters. The van der Waals surface area contributed by atoms with Crippen LogP contribution in [0.2, 0.25) is 0 Å². The second-order valence-electron chi connectivity index (χ2n) is 5.25. The van der Waals surface area contributed by atoms with Crippen molar-refractivity contribution in [3.63, 3.8) is 0 Å². The number of nitrogens with zero attached hydrogens (tertiary/aromatic N) is 2. The molecular formula is C17H17N5O. The molecule has 0 saturated carbocycles. The number of benzene rings is 2. The first-order valence-electron chi connectivity index (χ1n) is 7.21. The van der Waals surface area contributed by atoms with Crippen molar-refractivity contribution in [2.45, 2.75) is 13.8 Å². The number of hydrogen-bond acceptors (Lipinski definition) is 3. The van der Waals surface area contributed by atoms with Crippen molar-refractivity contribution in [1.82, 2.24) is 9.97 Å². The van der Waals surface area contributed by atoms with Crippen LogP contribution in [0.3, 0.4) is 0 Å². The van der Waals surface area contributed by atoms with Crippen LogP contribution in [0, 0.1) is 13.8 Å². The van der Waals surface area contributed by atoms with Gasteiger partial charge < -0.3 is 11.1 Å². The lowest BCUT2D eigenvalue weighted by Gasteiger charge is -2.09. The van der Waals surface area contributed by atoms with Gasteiger partial charge in [0, 0.05) is 22.3 Å². The van der Waals surface area contributed by atoms with Crippen LogP contribution in [-0.2, 0) is 0 Å². The van der Waals surface area contributed by atoms with Crippen LogP contribution in [0.5, 0.6) is 0 Å². The molecule has 0 fully saturated rings. The van der Waals surface area contributed by atoms with Gasteiger partial charge in [0.1, 0.15) is 0 Å². The van der Waals surface area contributed by atoms with E-state index in [-0.39, 0.29) is 17.5 Å². The molecule has 4 N–H and O–H groups in total. The maximum Gasteiger partial charge on any atom is 0.255 e. The summed E-state index contributed by atoms with van der Waals surface area (Å²) in [5.41, 5.74) is 7.78. The van der Waals surface area contributed by atoms with Crippen molar-refractivity contribution in [3.8, 4) is 0 Å². The first kappa shape index (κ1) is 14.8. The summed E-state index contributed by atoms with van der Waals surface area (Å²) in [6, 6.07) is 13.8. The first-order valence-corrected chi connectivity index (χ1v) is 7.21. The molecule has 0 aliphatic carbocycles. The Labute approximate surface area is 133 Å². The third kappa shape index (κ3) is 3.06. The topological polar surface area (TPSA) is 96.2 Å². The zero-order valence-electron chi connectivity index (χ0n) is 12.9. The molecule has 0 aliphatic heterocycles. The van der Waals surface area contributed by atoms with Gasteiger partial charge in [-0.25, -0.2) is 4.98 Å². The largest absolute Gasteiger partial charge is 0.369 e. The summed E-state index contributed by atoms with van der Waals surface area (Å²) in [5, 5.41) is 5.19. The third-order valence-corrected chi connectivity index (χ3v) is 3.66. The summed E-state index contributed by atoms with van der Waals surface area (Å²) in [4.78, 5) is 22.7. The number of aryl methyl sites for hydroxylation is 1. The second kappa shape index (κ2) is 5.92. The fourth-order valence-electron chi connectivity index (χ4n) is 2.30. The van der Waals surface area contributed by atoms with Crippen molar-refractivity contribution in [2.75, 3.05) is 5.32 Å². The van der Waals surface area contributed by atoms with Crippen LogP contribution >= 0.6 is 0 Å². The molecule has 3 aromatic rings. The highest BCUT2D eigenvalue weighted by Gasteiger charge is 2.05. The van der Waals surface area contributed by atoms with Gasteiger partial charge in [0.2, 0.25) is 11.9 Å². The molecular weight excluding hydrogens is 290 g/mol. The van der Waals surface area contributed by atoms with Crippen molar-refractivity contribution in [2.24, 2.45) is 10.7 Å². The zero-order valence-corrected chi connectivity index (χ0v) is 12.9. The standard InChI is InChI=1S/C17H17N5O/c1-10-11(2)19-17(21-15(10)23)22-16(18)20-14-9-5-7-12-6-3-4-8-13(12)14/h3-9H,1-2H3,(H4,18,19,20,21,22,23). The van der Waals surface area contributed by atoms with E-state index in [1.165, 1.54) is 0 Å². The van der Waals surface area contributed by atoms with Crippen LogP contribution in [0.15, 0.2) is 52.3 Å². The third-order valence-electron chi connectivity index (χ3n) is 3.66. The number of aliphatic imine (C=N–C) groups is 1. The zero-order chi connectivity index (χ0) is 16.4. The van der Waals surface area contributed by atoms with E-state index in [0.29, 0.717) is 11.3 Å². The molecule has 6 heteroatoms. The van der Waals surface area contributed by atoms with Gasteiger partial charge in [-0.1, -0.05) is 36.4 Å². The summed E-state index contributed by atoms with van der Waals surface area (Å²) in [6.07, 6.45) is 0. The average Bonchev–Trinajstić information content (AvgIpc) is 2.53. The molecule has 23 heavy (non-hydrogen) atoms. The van der Waals surface area contributed by atoms with E-state index >= 15 is 0 Å². The minimum absolute atomic E-state index is 0.160. The van der Waals surface area contributed by atoms with Gasteiger partial charge >= 0.3 is 0 Å². The molecule has 3 rings (SSSR count). The molecule has 1 aromatic heterocycles. The monoisotopic (exact) mass is 307 g/mol. The molecule has 0 radical (unpaired) electrons. The predicted molar refractivity (Wildman–Crippen MR) is 93.2 cm³/mol. The molecule has 0 atom stereocenters. The average molecular weight is 307 g/mol. The highest BCUT2D eigenvalue weighted by Crippen LogP contribution is 2.22. The lowest BCUT2D eigenvalue weighted by Crippen LogP contribution is -2.23. The Morgan fingerprint density at radius 3 is 2.70 bits per heavy atom. The molecule has 1 heterocycles. The van der Waals surface area contributed by atoms with Crippen LogP contribution in [0.1, 0.15) is 11.3 Å². The molecule has 6 nitrogen and oxygen atoms in total. The van der Waals surface area contributed by atoms with E-state index in [1.54, 1.807) is 13.8 Å². The maximum atomic E-state index is 11.7. The lowest BCUT2D eigenvalue weighted by molar-refractivity contribution is 1.01. The Kier molecular flexibility index (Phi) is 3.80. The Bertz CT molecular complexity index is 953. The van der Waals surface area contributed by atoms with Crippen LogP contribution < -0.4 is 16.6 Å². The van der Waals surface area contributed by atoms with E-state index in [4.69, 9.17) is 5.73 Å². The number of hydrogen-bond donors (Lipinski definition) is 3. The number of nitrogens with two attached hydrogens (primary N) is 1. The molecule has 116 valence electrons. The predicted octanol–water partition coefficient (Wildman–Crippen LogP) is 2.60. The Balaban J connectivity index is 1.94. The summed E-state index contributed by atoms with van der Waals surface area (Å²) < 4.78 is 0. The molecule has 0 aliphatic rings. The van der Waals surface area contributed by atoms with Gasteiger partial charge in [-0.2, -0.15) is 4.99 Å². The van der Waals surface area contributed by atoms with Gasteiger partial charge in [-0.3, -0.25) is 9.78 Å². The minimum Gasteiger partial charge on any atom is -0.369 e. The van der Waals surface area contributed by atoms with Gasteiger partial charge in [-0.15, -0.1) is 0 Å². The number of nitrogens with one attached hydrogen (secondary N) is 2. The van der Waals surface area contributed by atoms with Crippen LogP contribution in [0.4, 0.5) is 11.6 Å². The quantitative estimate of drug-likeness (QED) is 0.501. The molecule has 2 aromatic carbocycles. The summed E-state index contributed by atoms with van der Waals surface area (Å²) >= 11 is 0. The van der Waals surface area contributed by atoms with Gasteiger partial charge in [0.05, 0.1) is 0 Å². The molecule has 0 bridgehead atoms. The number of H-pyrrole nitrogens is 1. The van der Waals surface area contributed by atoms with E-state index in [9.17, 15) is 4.79 Å². The number of anilines is 1.